The summed E-state index contributed by atoms with van der Waals surface area (Å²) in [7, 11) is 0. The largest absolute Gasteiger partial charge is 0.427 e. The third-order valence-electron chi connectivity index (χ3n) is 4.61. The van der Waals surface area contributed by atoms with Gasteiger partial charge in [-0.3, -0.25) is 14.4 Å². The first kappa shape index (κ1) is 19.9. The normalized spacial score (nSPS) is 14.4. The Labute approximate surface area is 169 Å². The molecule has 0 aliphatic carbocycles. The Morgan fingerprint density at radius 1 is 1.07 bits per heavy atom. The average Bonchev–Trinajstić information content (AvgIpc) is 2.68. The fraction of sp³-hybridized carbons (Fsp3) is 0.286. The molecule has 146 valence electrons. The van der Waals surface area contributed by atoms with Crippen LogP contribution in [0.25, 0.3) is 0 Å². The molecular weight excluding hydrogens is 376 g/mol. The third-order valence-corrected chi connectivity index (χ3v) is 5.00. The van der Waals surface area contributed by atoms with E-state index in [1.807, 2.05) is 6.07 Å². The zero-order valence-electron chi connectivity index (χ0n) is 15.6. The van der Waals surface area contributed by atoms with E-state index in [-0.39, 0.29) is 17.9 Å². The molecule has 1 N–H and O–H groups in total. The zero-order valence-corrected chi connectivity index (χ0v) is 16.4. The van der Waals surface area contributed by atoms with E-state index in [4.69, 9.17) is 4.74 Å². The standard InChI is InChI=1S/C21H22N2O4S/c1-14(24)27-17-6-4-5-15(13-17)21(26)23-11-9-16(10-12-23)22-20(25)18-7-2-3-8-19(18)28/h2-8,13,16,28H,9-12H2,1H3,(H,22,25). The van der Waals surface area contributed by atoms with E-state index < -0.39 is 5.97 Å². The number of hydrogen-bond acceptors (Lipinski definition) is 5. The summed E-state index contributed by atoms with van der Waals surface area (Å²) in [5.74, 6) is -0.334. The second kappa shape index (κ2) is 8.93. The van der Waals surface area contributed by atoms with Crippen LogP contribution >= 0.6 is 12.6 Å². The number of esters is 1. The first-order chi connectivity index (χ1) is 13.4. The summed E-state index contributed by atoms with van der Waals surface area (Å²) in [6, 6.07) is 13.8. The topological polar surface area (TPSA) is 75.7 Å². The van der Waals surface area contributed by atoms with Gasteiger partial charge in [-0.05, 0) is 43.2 Å². The SMILES string of the molecule is CC(=O)Oc1cccc(C(=O)N2CCC(NC(=O)c3ccccc3S)CC2)c1. The smallest absolute Gasteiger partial charge is 0.308 e. The summed E-state index contributed by atoms with van der Waals surface area (Å²) < 4.78 is 5.04. The number of amides is 2. The van der Waals surface area contributed by atoms with Crippen LogP contribution in [0, 0.1) is 0 Å². The summed E-state index contributed by atoms with van der Waals surface area (Å²) in [5, 5.41) is 3.02. The number of likely N-dealkylation sites (tertiary alicyclic amines) is 1. The number of ether oxygens (including phenoxy) is 1. The quantitative estimate of drug-likeness (QED) is 0.472. The van der Waals surface area contributed by atoms with E-state index in [9.17, 15) is 14.4 Å². The van der Waals surface area contributed by atoms with Crippen LogP contribution in [0.5, 0.6) is 5.75 Å². The van der Waals surface area contributed by atoms with E-state index in [1.54, 1.807) is 47.4 Å². The maximum Gasteiger partial charge on any atom is 0.308 e. The van der Waals surface area contributed by atoms with Gasteiger partial charge in [-0.2, -0.15) is 0 Å². The van der Waals surface area contributed by atoms with Gasteiger partial charge >= 0.3 is 5.97 Å². The number of thiol groups is 1. The van der Waals surface area contributed by atoms with Crippen LogP contribution in [0.1, 0.15) is 40.5 Å². The lowest BCUT2D eigenvalue weighted by molar-refractivity contribution is -0.131. The second-order valence-electron chi connectivity index (χ2n) is 6.68. The molecule has 1 aliphatic heterocycles. The van der Waals surface area contributed by atoms with Gasteiger partial charge in [0.05, 0.1) is 5.56 Å². The molecule has 3 rings (SSSR count). The highest BCUT2D eigenvalue weighted by Gasteiger charge is 2.25. The molecule has 0 radical (unpaired) electrons. The Morgan fingerprint density at radius 2 is 1.79 bits per heavy atom. The van der Waals surface area contributed by atoms with Gasteiger partial charge in [0.15, 0.2) is 0 Å². The molecule has 1 aliphatic rings. The maximum absolute atomic E-state index is 12.7. The van der Waals surface area contributed by atoms with Crippen LogP contribution in [-0.4, -0.2) is 41.8 Å². The Bertz CT molecular complexity index is 891. The molecule has 1 fully saturated rings. The van der Waals surface area contributed by atoms with Crippen LogP contribution in [0.2, 0.25) is 0 Å². The Morgan fingerprint density at radius 3 is 2.46 bits per heavy atom. The van der Waals surface area contributed by atoms with Crippen molar-refractivity contribution in [1.82, 2.24) is 10.2 Å². The number of rotatable bonds is 4. The number of carbonyl (C=O) groups is 3. The third kappa shape index (κ3) is 4.92. The molecule has 6 nitrogen and oxygen atoms in total. The molecule has 0 aromatic heterocycles. The van der Waals surface area contributed by atoms with Crippen molar-refractivity contribution in [2.45, 2.75) is 30.7 Å². The Kier molecular flexibility index (Phi) is 6.36. The predicted octanol–water partition coefficient (Wildman–Crippen LogP) is 2.94. The molecule has 0 unspecified atom stereocenters. The van der Waals surface area contributed by atoms with Crippen molar-refractivity contribution < 1.29 is 19.1 Å². The van der Waals surface area contributed by atoms with Crippen molar-refractivity contribution in [3.05, 3.63) is 59.7 Å². The number of piperidine rings is 1. The average molecular weight is 398 g/mol. The van der Waals surface area contributed by atoms with Gasteiger partial charge in [0.2, 0.25) is 0 Å². The monoisotopic (exact) mass is 398 g/mol. The van der Waals surface area contributed by atoms with Gasteiger partial charge in [0.1, 0.15) is 5.75 Å². The van der Waals surface area contributed by atoms with Crippen molar-refractivity contribution in [2.75, 3.05) is 13.1 Å². The number of benzene rings is 2. The lowest BCUT2D eigenvalue weighted by Crippen LogP contribution is -2.46. The highest BCUT2D eigenvalue weighted by Crippen LogP contribution is 2.19. The molecule has 28 heavy (non-hydrogen) atoms. The Hall–Kier alpha value is -2.80. The lowest BCUT2D eigenvalue weighted by atomic mass is 10.0. The van der Waals surface area contributed by atoms with Crippen LogP contribution in [-0.2, 0) is 4.79 Å². The van der Waals surface area contributed by atoms with Crippen LogP contribution in [0.3, 0.4) is 0 Å². The minimum Gasteiger partial charge on any atom is -0.427 e. The molecule has 2 aromatic carbocycles. The summed E-state index contributed by atoms with van der Waals surface area (Å²) in [6.45, 7) is 2.41. The molecule has 2 aromatic rings. The van der Waals surface area contributed by atoms with Crippen molar-refractivity contribution in [2.24, 2.45) is 0 Å². The first-order valence-electron chi connectivity index (χ1n) is 9.10. The second-order valence-corrected chi connectivity index (χ2v) is 7.16. The number of carbonyl (C=O) groups excluding carboxylic acids is 3. The maximum atomic E-state index is 12.7. The molecule has 0 saturated carbocycles. The molecule has 1 saturated heterocycles. The van der Waals surface area contributed by atoms with Crippen LogP contribution in [0.15, 0.2) is 53.4 Å². The van der Waals surface area contributed by atoms with E-state index in [0.717, 1.165) is 0 Å². The highest BCUT2D eigenvalue weighted by molar-refractivity contribution is 7.80. The van der Waals surface area contributed by atoms with Gasteiger partial charge in [-0.1, -0.05) is 18.2 Å². The van der Waals surface area contributed by atoms with Crippen LogP contribution in [0.4, 0.5) is 0 Å². The number of nitrogens with zero attached hydrogens (tertiary/aromatic N) is 1. The van der Waals surface area contributed by atoms with Gasteiger partial charge in [-0.15, -0.1) is 12.6 Å². The summed E-state index contributed by atoms with van der Waals surface area (Å²) in [6.07, 6.45) is 1.35. The Balaban J connectivity index is 1.56. The molecule has 0 bridgehead atoms. The highest BCUT2D eigenvalue weighted by atomic mass is 32.1. The zero-order chi connectivity index (χ0) is 20.1. The summed E-state index contributed by atoms with van der Waals surface area (Å²) >= 11 is 4.32. The van der Waals surface area contributed by atoms with Crippen molar-refractivity contribution in [3.63, 3.8) is 0 Å². The fourth-order valence-corrected chi connectivity index (χ4v) is 3.46. The van der Waals surface area contributed by atoms with Crippen LogP contribution < -0.4 is 10.1 Å². The van der Waals surface area contributed by atoms with Gasteiger partial charge in [0.25, 0.3) is 11.8 Å². The molecular formula is C21H22N2O4S. The summed E-state index contributed by atoms with van der Waals surface area (Å²) in [5.41, 5.74) is 1.02. The van der Waals surface area contributed by atoms with Gasteiger partial charge < -0.3 is 15.0 Å². The van der Waals surface area contributed by atoms with Gasteiger partial charge in [-0.25, -0.2) is 0 Å². The number of nitrogens with one attached hydrogen (secondary N) is 1. The predicted molar refractivity (Wildman–Crippen MR) is 108 cm³/mol. The molecule has 1 heterocycles. The molecule has 0 atom stereocenters. The van der Waals surface area contributed by atoms with Crippen molar-refractivity contribution in [1.29, 1.82) is 0 Å². The number of hydrogen-bond donors (Lipinski definition) is 2. The molecule has 0 spiro atoms. The van der Waals surface area contributed by atoms with E-state index in [1.165, 1.54) is 6.92 Å². The molecule has 7 heteroatoms. The van der Waals surface area contributed by atoms with Crippen molar-refractivity contribution >= 4 is 30.4 Å². The van der Waals surface area contributed by atoms with Gasteiger partial charge in [0, 0.05) is 36.5 Å². The molecule has 2 amide bonds. The fourth-order valence-electron chi connectivity index (χ4n) is 3.20. The summed E-state index contributed by atoms with van der Waals surface area (Å²) in [4.78, 5) is 38.6. The first-order valence-corrected chi connectivity index (χ1v) is 9.55. The van der Waals surface area contributed by atoms with E-state index in [2.05, 4.69) is 17.9 Å². The minimum absolute atomic E-state index is 0.0110. The minimum atomic E-state index is -0.427. The lowest BCUT2D eigenvalue weighted by Gasteiger charge is -2.32. The van der Waals surface area contributed by atoms with Crippen molar-refractivity contribution in [3.8, 4) is 5.75 Å². The van der Waals surface area contributed by atoms with E-state index >= 15 is 0 Å². The van der Waals surface area contributed by atoms with E-state index in [0.29, 0.717) is 47.7 Å².